The van der Waals surface area contributed by atoms with Crippen LogP contribution in [-0.2, 0) is 8.85 Å². The molecule has 0 saturated heterocycles. The maximum Gasteiger partial charge on any atom is 0.241 e. The van der Waals surface area contributed by atoms with Gasteiger partial charge in [-0.25, -0.2) is 0 Å². The Bertz CT molecular complexity index is 734. The van der Waals surface area contributed by atoms with Crippen molar-refractivity contribution in [2.75, 3.05) is 0 Å². The van der Waals surface area contributed by atoms with Gasteiger partial charge in [0.2, 0.25) is 8.32 Å². The first-order valence-corrected chi connectivity index (χ1v) is 20.0. The quantitative estimate of drug-likeness (QED) is 0.392. The van der Waals surface area contributed by atoms with E-state index in [1.807, 2.05) is 0 Å². The van der Waals surface area contributed by atoms with Gasteiger partial charge in [-0.1, -0.05) is 20.8 Å². The minimum atomic E-state index is -1.57. The molecular formula is C27H50O2Si2. The standard InChI is InChI=1S/C27H50O2Si2/c1-19-17-20-18-21(28-30(5,6)7)11-14-25(20,2)22-12-15-26(3)23(24(19)22)13-16-27(26,4)29-31(8,9)10/h18-20,22-24H,11-17H2,1-10H3/t19-,20?,22?,23?,24?,25?,26?,27-/m0/s1. The summed E-state index contributed by atoms with van der Waals surface area (Å²) >= 11 is 0. The van der Waals surface area contributed by atoms with Crippen LogP contribution in [0.4, 0.5) is 0 Å². The summed E-state index contributed by atoms with van der Waals surface area (Å²) in [7, 11) is -3.09. The molecule has 0 aliphatic heterocycles. The van der Waals surface area contributed by atoms with Gasteiger partial charge in [0.05, 0.1) is 11.4 Å². The van der Waals surface area contributed by atoms with Crippen molar-refractivity contribution in [3.05, 3.63) is 11.8 Å². The van der Waals surface area contributed by atoms with Crippen molar-refractivity contribution in [3.63, 3.8) is 0 Å². The average Bonchev–Trinajstić information content (AvgIpc) is 2.84. The molecule has 4 heteroatoms. The van der Waals surface area contributed by atoms with Gasteiger partial charge in [-0.3, -0.25) is 0 Å². The molecule has 2 nitrogen and oxygen atoms in total. The fourth-order valence-electron chi connectivity index (χ4n) is 8.74. The van der Waals surface area contributed by atoms with Crippen LogP contribution in [0, 0.1) is 40.4 Å². The van der Waals surface area contributed by atoms with Crippen LogP contribution >= 0.6 is 0 Å². The topological polar surface area (TPSA) is 18.5 Å². The van der Waals surface area contributed by atoms with E-state index in [-0.39, 0.29) is 5.60 Å². The Morgan fingerprint density at radius 1 is 0.871 bits per heavy atom. The van der Waals surface area contributed by atoms with Gasteiger partial charge in [-0.2, -0.15) is 0 Å². The van der Waals surface area contributed by atoms with Gasteiger partial charge in [-0.15, -0.1) is 0 Å². The van der Waals surface area contributed by atoms with E-state index in [9.17, 15) is 0 Å². The van der Waals surface area contributed by atoms with E-state index in [4.69, 9.17) is 8.85 Å². The summed E-state index contributed by atoms with van der Waals surface area (Å²) in [5, 5.41) is 0. The zero-order valence-electron chi connectivity index (χ0n) is 22.2. The lowest BCUT2D eigenvalue weighted by molar-refractivity contribution is -0.146. The molecule has 0 spiro atoms. The van der Waals surface area contributed by atoms with Crippen molar-refractivity contribution in [3.8, 4) is 0 Å². The number of fused-ring (bicyclic) bond motifs is 5. The molecule has 8 atom stereocenters. The van der Waals surface area contributed by atoms with E-state index in [1.54, 1.807) is 0 Å². The van der Waals surface area contributed by atoms with Gasteiger partial charge in [0.15, 0.2) is 8.32 Å². The fraction of sp³-hybridized carbons (Fsp3) is 0.926. The summed E-state index contributed by atoms with van der Waals surface area (Å²) in [5.74, 6) is 5.43. The van der Waals surface area contributed by atoms with Gasteiger partial charge >= 0.3 is 0 Å². The molecule has 4 aliphatic carbocycles. The smallest absolute Gasteiger partial charge is 0.241 e. The van der Waals surface area contributed by atoms with Crippen LogP contribution in [0.25, 0.3) is 0 Å². The van der Waals surface area contributed by atoms with E-state index in [0.717, 1.165) is 30.1 Å². The first-order valence-electron chi connectivity index (χ1n) is 13.2. The van der Waals surface area contributed by atoms with Crippen LogP contribution in [0.1, 0.15) is 72.6 Å². The van der Waals surface area contributed by atoms with E-state index >= 15 is 0 Å². The second kappa shape index (κ2) is 7.47. The van der Waals surface area contributed by atoms with Crippen LogP contribution in [0.3, 0.4) is 0 Å². The Kier molecular flexibility index (Phi) is 5.80. The molecule has 0 amide bonds. The third-order valence-corrected chi connectivity index (χ3v) is 12.0. The maximum absolute atomic E-state index is 6.98. The van der Waals surface area contributed by atoms with Crippen molar-refractivity contribution in [2.45, 2.75) is 118 Å². The zero-order chi connectivity index (χ0) is 23.0. The summed E-state index contributed by atoms with van der Waals surface area (Å²) in [4.78, 5) is 0. The second-order valence-electron chi connectivity index (χ2n) is 14.4. The van der Waals surface area contributed by atoms with E-state index in [0.29, 0.717) is 16.7 Å². The highest BCUT2D eigenvalue weighted by Gasteiger charge is 2.65. The highest BCUT2D eigenvalue weighted by molar-refractivity contribution is 6.70. The molecule has 0 bridgehead atoms. The lowest BCUT2D eigenvalue weighted by Gasteiger charge is -2.63. The Hall–Kier alpha value is -0.0662. The number of rotatable bonds is 4. The highest BCUT2D eigenvalue weighted by Crippen LogP contribution is 2.69. The van der Waals surface area contributed by atoms with Crippen molar-refractivity contribution in [1.82, 2.24) is 0 Å². The highest BCUT2D eigenvalue weighted by atomic mass is 28.4. The molecule has 0 N–H and O–H groups in total. The van der Waals surface area contributed by atoms with Crippen molar-refractivity contribution >= 4 is 16.6 Å². The van der Waals surface area contributed by atoms with Gasteiger partial charge in [0.1, 0.15) is 0 Å². The molecule has 0 heterocycles. The van der Waals surface area contributed by atoms with Crippen LogP contribution < -0.4 is 0 Å². The van der Waals surface area contributed by atoms with Crippen molar-refractivity contribution in [1.29, 1.82) is 0 Å². The molecule has 4 aliphatic rings. The first-order chi connectivity index (χ1) is 14.1. The number of hydrogen-bond acceptors (Lipinski definition) is 2. The third-order valence-electron chi connectivity index (χ3n) is 10.1. The summed E-state index contributed by atoms with van der Waals surface area (Å²) in [6.07, 6.45) is 11.8. The van der Waals surface area contributed by atoms with Crippen LogP contribution in [0.5, 0.6) is 0 Å². The monoisotopic (exact) mass is 462 g/mol. The predicted molar refractivity (Wildman–Crippen MR) is 137 cm³/mol. The fourth-order valence-corrected chi connectivity index (χ4v) is 11.4. The van der Waals surface area contributed by atoms with Crippen LogP contribution in [-0.4, -0.2) is 22.2 Å². The summed E-state index contributed by atoms with van der Waals surface area (Å²) in [6.45, 7) is 24.4. The lowest BCUT2D eigenvalue weighted by Crippen LogP contribution is -2.59. The average molecular weight is 463 g/mol. The van der Waals surface area contributed by atoms with Crippen molar-refractivity contribution < 1.29 is 8.85 Å². The Morgan fingerprint density at radius 3 is 2.13 bits per heavy atom. The molecule has 178 valence electrons. The molecule has 0 radical (unpaired) electrons. The molecule has 0 aromatic carbocycles. The Morgan fingerprint density at radius 2 is 1.52 bits per heavy atom. The van der Waals surface area contributed by atoms with E-state index in [1.165, 1.54) is 44.3 Å². The molecule has 31 heavy (non-hydrogen) atoms. The van der Waals surface area contributed by atoms with E-state index in [2.05, 4.69) is 73.1 Å². The molecule has 3 saturated carbocycles. The summed E-state index contributed by atoms with van der Waals surface area (Å²) < 4.78 is 13.5. The van der Waals surface area contributed by atoms with Crippen molar-refractivity contribution in [2.24, 2.45) is 40.4 Å². The van der Waals surface area contributed by atoms with Crippen LogP contribution in [0.15, 0.2) is 11.8 Å². The SMILES string of the molecule is C[C@H]1CC2C=C(O[Si](C)(C)C)CCC2(C)C2CCC3(C)C(CC[C@]3(C)O[Si](C)(C)C)C21. The normalized spacial score (nSPS) is 47.8. The largest absolute Gasteiger partial charge is 0.548 e. The molecule has 0 aromatic rings. The summed E-state index contributed by atoms with van der Waals surface area (Å²) in [6, 6.07) is 0. The maximum atomic E-state index is 6.98. The van der Waals surface area contributed by atoms with E-state index < -0.39 is 16.6 Å². The molecule has 4 rings (SSSR count). The van der Waals surface area contributed by atoms with Gasteiger partial charge in [0.25, 0.3) is 0 Å². The van der Waals surface area contributed by atoms with Gasteiger partial charge in [0, 0.05) is 6.42 Å². The molecule has 3 fully saturated rings. The molecule has 0 aromatic heterocycles. The number of hydrogen-bond donors (Lipinski definition) is 0. The second-order valence-corrected chi connectivity index (χ2v) is 23.3. The number of allylic oxidation sites excluding steroid dienone is 2. The molecule has 6 unspecified atom stereocenters. The lowest BCUT2D eigenvalue weighted by atomic mass is 9.43. The Balaban J connectivity index is 1.61. The summed E-state index contributed by atoms with van der Waals surface area (Å²) in [5.41, 5.74) is 0.890. The van der Waals surface area contributed by atoms with Gasteiger partial charge < -0.3 is 8.85 Å². The minimum Gasteiger partial charge on any atom is -0.548 e. The predicted octanol–water partition coefficient (Wildman–Crippen LogP) is 8.23. The zero-order valence-corrected chi connectivity index (χ0v) is 24.2. The van der Waals surface area contributed by atoms with Gasteiger partial charge in [-0.05, 0) is 131 Å². The molecular weight excluding hydrogens is 412 g/mol. The first kappa shape index (κ1) is 24.1. The Labute approximate surface area is 195 Å². The van der Waals surface area contributed by atoms with Crippen LogP contribution in [0.2, 0.25) is 39.3 Å². The minimum absolute atomic E-state index is 0.0788. The third kappa shape index (κ3) is 4.05.